The molecule has 4 N–H and O–H groups in total. The van der Waals surface area contributed by atoms with E-state index in [1.165, 1.54) is 6.20 Å². The van der Waals surface area contributed by atoms with Crippen LogP contribution in [-0.4, -0.2) is 11.1 Å². The van der Waals surface area contributed by atoms with Crippen LogP contribution < -0.4 is 11.1 Å². The zero-order chi connectivity index (χ0) is 9.14. The van der Waals surface area contributed by atoms with Crippen molar-refractivity contribution < 1.29 is 9.90 Å². The Kier molecular flexibility index (Phi) is 2.01. The molecule has 0 radical (unpaired) electrons. The topological polar surface area (TPSA) is 99.1 Å². The second kappa shape index (κ2) is 2.96. The quantitative estimate of drug-likeness (QED) is 0.492. The molecule has 5 heteroatoms. The standard InChI is InChI=1S/C7H7N3O2/c8-2-4-1-5(7(11)12)6(9)10-3-4/h3,10H,1,9H2,(H,11,12). The second-order valence-electron chi connectivity index (χ2n) is 2.30. The van der Waals surface area contributed by atoms with Crippen molar-refractivity contribution in [1.82, 2.24) is 5.32 Å². The molecular formula is C7H7N3O2. The summed E-state index contributed by atoms with van der Waals surface area (Å²) in [5, 5.41) is 19.6. The molecule has 0 fully saturated rings. The molecule has 0 saturated heterocycles. The zero-order valence-corrected chi connectivity index (χ0v) is 6.16. The minimum atomic E-state index is -1.10. The predicted octanol–water partition coefficient (Wildman–Crippen LogP) is -0.358. The summed E-state index contributed by atoms with van der Waals surface area (Å²) < 4.78 is 0. The predicted molar refractivity (Wildman–Crippen MR) is 40.3 cm³/mol. The number of nitrogens with zero attached hydrogens (tertiary/aromatic N) is 1. The SMILES string of the molecule is N#CC1=CNC(N)=C(C(=O)O)C1. The van der Waals surface area contributed by atoms with E-state index in [9.17, 15) is 4.79 Å². The first-order chi connectivity index (χ1) is 5.65. The van der Waals surface area contributed by atoms with Gasteiger partial charge in [0.05, 0.1) is 17.2 Å². The number of rotatable bonds is 1. The number of hydrogen-bond acceptors (Lipinski definition) is 4. The lowest BCUT2D eigenvalue weighted by molar-refractivity contribution is -0.132. The highest BCUT2D eigenvalue weighted by molar-refractivity contribution is 5.88. The summed E-state index contributed by atoms with van der Waals surface area (Å²) in [7, 11) is 0. The molecule has 0 unspecified atom stereocenters. The Balaban J connectivity index is 2.89. The number of allylic oxidation sites excluding steroid dienone is 1. The van der Waals surface area contributed by atoms with Crippen LogP contribution >= 0.6 is 0 Å². The number of dihydropyridines is 1. The van der Waals surface area contributed by atoms with Crippen molar-refractivity contribution in [3.05, 3.63) is 23.2 Å². The normalized spacial score (nSPS) is 16.1. The van der Waals surface area contributed by atoms with Crippen molar-refractivity contribution >= 4 is 5.97 Å². The Hall–Kier alpha value is -1.96. The van der Waals surface area contributed by atoms with Crippen molar-refractivity contribution in [3.63, 3.8) is 0 Å². The summed E-state index contributed by atoms with van der Waals surface area (Å²) in [6, 6.07) is 1.85. The van der Waals surface area contributed by atoms with Crippen molar-refractivity contribution in [2.24, 2.45) is 5.73 Å². The monoisotopic (exact) mass is 165 g/mol. The smallest absolute Gasteiger partial charge is 0.335 e. The molecule has 0 aromatic heterocycles. The maximum absolute atomic E-state index is 10.5. The molecule has 5 nitrogen and oxygen atoms in total. The van der Waals surface area contributed by atoms with E-state index in [1.807, 2.05) is 6.07 Å². The van der Waals surface area contributed by atoms with Crippen LogP contribution in [0.25, 0.3) is 0 Å². The lowest BCUT2D eigenvalue weighted by Crippen LogP contribution is -2.24. The van der Waals surface area contributed by atoms with Crippen molar-refractivity contribution in [2.75, 3.05) is 0 Å². The van der Waals surface area contributed by atoms with Gasteiger partial charge >= 0.3 is 5.97 Å². The van der Waals surface area contributed by atoms with E-state index in [0.717, 1.165) is 0 Å². The zero-order valence-electron chi connectivity index (χ0n) is 6.16. The van der Waals surface area contributed by atoms with Crippen LogP contribution in [0.2, 0.25) is 0 Å². The van der Waals surface area contributed by atoms with Gasteiger partial charge in [-0.25, -0.2) is 4.79 Å². The van der Waals surface area contributed by atoms with Crippen molar-refractivity contribution in [1.29, 1.82) is 5.26 Å². The maximum Gasteiger partial charge on any atom is 0.335 e. The van der Waals surface area contributed by atoms with Crippen molar-refractivity contribution in [3.8, 4) is 6.07 Å². The van der Waals surface area contributed by atoms with Gasteiger partial charge in [-0.1, -0.05) is 0 Å². The molecule has 0 spiro atoms. The number of carbonyl (C=O) groups is 1. The Morgan fingerprint density at radius 3 is 3.00 bits per heavy atom. The fraction of sp³-hybridized carbons (Fsp3) is 0.143. The highest BCUT2D eigenvalue weighted by Gasteiger charge is 2.17. The third kappa shape index (κ3) is 1.37. The van der Waals surface area contributed by atoms with E-state index < -0.39 is 5.97 Å². The minimum absolute atomic E-state index is 0.0362. The summed E-state index contributed by atoms with van der Waals surface area (Å²) in [6.07, 6.45) is 1.49. The van der Waals surface area contributed by atoms with Gasteiger partial charge in [-0.15, -0.1) is 0 Å². The Morgan fingerprint density at radius 1 is 1.83 bits per heavy atom. The van der Waals surface area contributed by atoms with E-state index in [-0.39, 0.29) is 17.8 Å². The summed E-state index contributed by atoms with van der Waals surface area (Å²) >= 11 is 0. The molecule has 1 rings (SSSR count). The molecule has 1 heterocycles. The molecule has 0 amide bonds. The molecular weight excluding hydrogens is 158 g/mol. The fourth-order valence-electron chi connectivity index (χ4n) is 0.851. The molecule has 0 aromatic rings. The van der Waals surface area contributed by atoms with Gasteiger partial charge in [0, 0.05) is 12.6 Å². The summed E-state index contributed by atoms with van der Waals surface area (Å²) in [6.45, 7) is 0. The number of nitriles is 1. The van der Waals surface area contributed by atoms with E-state index in [0.29, 0.717) is 5.57 Å². The largest absolute Gasteiger partial charge is 0.478 e. The molecule has 12 heavy (non-hydrogen) atoms. The maximum atomic E-state index is 10.5. The highest BCUT2D eigenvalue weighted by Crippen LogP contribution is 2.15. The van der Waals surface area contributed by atoms with E-state index in [2.05, 4.69) is 5.32 Å². The number of aliphatic carboxylic acids is 1. The van der Waals surface area contributed by atoms with Crippen LogP contribution in [0, 0.1) is 11.3 Å². The van der Waals surface area contributed by atoms with E-state index >= 15 is 0 Å². The Labute approximate surface area is 68.8 Å². The number of hydrogen-bond donors (Lipinski definition) is 3. The number of nitrogens with one attached hydrogen (secondary N) is 1. The number of nitrogens with two attached hydrogens (primary N) is 1. The van der Waals surface area contributed by atoms with E-state index in [4.69, 9.17) is 16.1 Å². The molecule has 0 atom stereocenters. The highest BCUT2D eigenvalue weighted by atomic mass is 16.4. The van der Waals surface area contributed by atoms with Gasteiger partial charge < -0.3 is 16.2 Å². The molecule has 1 aliphatic rings. The average molecular weight is 165 g/mol. The second-order valence-corrected chi connectivity index (χ2v) is 2.30. The van der Waals surface area contributed by atoms with Crippen LogP contribution in [0.1, 0.15) is 6.42 Å². The van der Waals surface area contributed by atoms with Gasteiger partial charge in [0.1, 0.15) is 5.82 Å². The Bertz CT molecular complexity index is 322. The van der Waals surface area contributed by atoms with E-state index in [1.54, 1.807) is 0 Å². The van der Waals surface area contributed by atoms with Gasteiger partial charge in [-0.2, -0.15) is 5.26 Å². The number of carboxylic acid groups (broad SMARTS) is 1. The molecule has 0 saturated carbocycles. The lowest BCUT2D eigenvalue weighted by atomic mass is 10.1. The molecule has 0 aromatic carbocycles. The van der Waals surface area contributed by atoms with Gasteiger partial charge in [0.15, 0.2) is 0 Å². The van der Waals surface area contributed by atoms with Crippen LogP contribution in [0.3, 0.4) is 0 Å². The van der Waals surface area contributed by atoms with Crippen LogP contribution in [-0.2, 0) is 4.79 Å². The lowest BCUT2D eigenvalue weighted by Gasteiger charge is -2.12. The Morgan fingerprint density at radius 2 is 2.50 bits per heavy atom. The van der Waals surface area contributed by atoms with Crippen molar-refractivity contribution in [2.45, 2.75) is 6.42 Å². The molecule has 0 bridgehead atoms. The molecule has 1 aliphatic heterocycles. The van der Waals surface area contributed by atoms with Crippen LogP contribution in [0.5, 0.6) is 0 Å². The summed E-state index contributed by atoms with van der Waals surface area (Å²) in [5.41, 5.74) is 5.73. The number of carboxylic acids is 1. The first kappa shape index (κ1) is 8.14. The van der Waals surface area contributed by atoms with Crippen LogP contribution in [0.4, 0.5) is 0 Å². The third-order valence-electron chi connectivity index (χ3n) is 1.50. The van der Waals surface area contributed by atoms with Gasteiger partial charge in [-0.3, -0.25) is 0 Å². The third-order valence-corrected chi connectivity index (χ3v) is 1.50. The van der Waals surface area contributed by atoms with Gasteiger partial charge in [0.25, 0.3) is 0 Å². The first-order valence-corrected chi connectivity index (χ1v) is 3.22. The minimum Gasteiger partial charge on any atom is -0.478 e. The van der Waals surface area contributed by atoms with Gasteiger partial charge in [-0.05, 0) is 0 Å². The average Bonchev–Trinajstić information content (AvgIpc) is 2.05. The van der Waals surface area contributed by atoms with Gasteiger partial charge in [0.2, 0.25) is 0 Å². The first-order valence-electron chi connectivity index (χ1n) is 3.22. The fourth-order valence-corrected chi connectivity index (χ4v) is 0.851. The molecule has 0 aliphatic carbocycles. The summed E-state index contributed by atoms with van der Waals surface area (Å²) in [5.74, 6) is -0.998. The van der Waals surface area contributed by atoms with Crippen LogP contribution in [0.15, 0.2) is 23.2 Å². The molecule has 62 valence electrons. The summed E-state index contributed by atoms with van der Waals surface area (Å²) in [4.78, 5) is 10.5.